The van der Waals surface area contributed by atoms with Crippen molar-refractivity contribution in [1.29, 1.82) is 0 Å². The average Bonchev–Trinajstić information content (AvgIpc) is 3.16. The van der Waals surface area contributed by atoms with Crippen molar-refractivity contribution in [2.75, 3.05) is 13.3 Å². The predicted molar refractivity (Wildman–Crippen MR) is 78.0 cm³/mol. The van der Waals surface area contributed by atoms with Gasteiger partial charge in [-0.1, -0.05) is 5.23 Å². The number of hydrogen-bond acceptors (Lipinski definition) is 19. The van der Waals surface area contributed by atoms with Crippen LogP contribution in [0, 0.1) is 0 Å². The molecule has 0 radical (unpaired) electrons. The second-order valence-electron chi connectivity index (χ2n) is 7.01. The lowest BCUT2D eigenvalue weighted by Gasteiger charge is -2.53. The Morgan fingerprint density at radius 2 is 1.84 bits per heavy atom. The van der Waals surface area contributed by atoms with Crippen LogP contribution in [0.3, 0.4) is 0 Å². The van der Waals surface area contributed by atoms with Gasteiger partial charge in [0.05, 0.1) is 0 Å². The molecule has 12 aliphatic rings. The first-order chi connectivity index (χ1) is 14.5. The molecule has 6 atom stereocenters. The van der Waals surface area contributed by atoms with Crippen LogP contribution in [0.4, 0.5) is 0 Å². The van der Waals surface area contributed by atoms with Crippen LogP contribution in [0.5, 0.6) is 0 Å². The van der Waals surface area contributed by atoms with Gasteiger partial charge in [0.2, 0.25) is 11.6 Å². The van der Waals surface area contributed by atoms with Gasteiger partial charge in [0.15, 0.2) is 0 Å². The van der Waals surface area contributed by atoms with Gasteiger partial charge in [0.25, 0.3) is 11.7 Å². The molecule has 0 amide bonds. The highest BCUT2D eigenvalue weighted by atomic mass is 31.2. The number of aliphatic hydroxyl groups excluding tert-OH is 1. The van der Waals surface area contributed by atoms with E-state index in [0.717, 1.165) is 4.90 Å². The monoisotopic (exact) mass is 505 g/mol. The number of phosphoric acid groups is 3. The Morgan fingerprint density at radius 3 is 2.61 bits per heavy atom. The van der Waals surface area contributed by atoms with Crippen molar-refractivity contribution in [3.63, 3.8) is 0 Å². The van der Waals surface area contributed by atoms with Crippen molar-refractivity contribution in [3.8, 4) is 0 Å². The third kappa shape index (κ3) is 1.63. The van der Waals surface area contributed by atoms with E-state index in [9.17, 15) is 23.9 Å². The van der Waals surface area contributed by atoms with Crippen molar-refractivity contribution in [1.82, 2.24) is 10.1 Å². The summed E-state index contributed by atoms with van der Waals surface area (Å²) >= 11 is 0. The highest BCUT2D eigenvalue weighted by Crippen LogP contribution is 2.84. The molecule has 168 valence electrons. The van der Waals surface area contributed by atoms with E-state index in [1.165, 1.54) is 0 Å². The van der Waals surface area contributed by atoms with Crippen LogP contribution in [0.15, 0.2) is 16.6 Å². The molecule has 3 unspecified atom stereocenters. The number of amidine groups is 1. The number of aliphatic imine (C=N–C) groups is 1. The Morgan fingerprint density at radius 1 is 1.03 bits per heavy atom. The molecule has 11 bridgehead atoms. The molecule has 2 spiro atoms. The lowest BCUT2D eigenvalue weighted by Crippen LogP contribution is -2.74. The topological polar surface area (TPSA) is 212 Å². The zero-order chi connectivity index (χ0) is 21.3. The van der Waals surface area contributed by atoms with E-state index in [4.69, 9.17) is 50.7 Å². The molecule has 19 nitrogen and oxygen atoms in total. The summed E-state index contributed by atoms with van der Waals surface area (Å²) in [5.41, 5.74) is 0. The molecule has 31 heavy (non-hydrogen) atoms. The number of rotatable bonds is 1. The van der Waals surface area contributed by atoms with E-state index >= 15 is 0 Å². The zero-order valence-electron chi connectivity index (χ0n) is 14.2. The first-order valence-corrected chi connectivity index (χ1v) is 12.6. The van der Waals surface area contributed by atoms with Crippen molar-refractivity contribution in [2.24, 2.45) is 4.99 Å². The smallest absolute Gasteiger partial charge is 0.391 e. The number of hydrogen-bond donors (Lipinski definition) is 2. The molecule has 12 aliphatic heterocycles. The summed E-state index contributed by atoms with van der Waals surface area (Å²) in [5, 5.41) is 22.3. The Balaban J connectivity index is 1.51. The fourth-order valence-electron chi connectivity index (χ4n) is 4.22. The summed E-state index contributed by atoms with van der Waals surface area (Å²) < 4.78 is 90.7. The van der Waals surface area contributed by atoms with Crippen molar-refractivity contribution in [2.45, 2.75) is 23.3 Å². The second-order valence-corrected chi connectivity index (χ2v) is 11.3. The summed E-state index contributed by atoms with van der Waals surface area (Å²) in [6, 6.07) is 0. The van der Waals surface area contributed by atoms with E-state index < -0.39 is 71.7 Å². The highest BCUT2D eigenvalue weighted by Gasteiger charge is 3.00. The van der Waals surface area contributed by atoms with Crippen LogP contribution in [-0.4, -0.2) is 62.7 Å². The molecule has 22 heteroatoms. The summed E-state index contributed by atoms with van der Waals surface area (Å²) in [6.45, 7) is -1.76. The zero-order valence-corrected chi connectivity index (χ0v) is 16.9. The molecule has 2 N–H and O–H groups in total. The SMILES string of the molecule is O=P12OO[C@@]34OP5(=O)OC6(O[C@]3(CO)O5)N3CN=C(C(=C3O1)O2)N1OP(=O)(O1)O[C@@]64O. The quantitative estimate of drug-likeness (QED) is 0.330. The first kappa shape index (κ1) is 18.3. The molecule has 0 aromatic carbocycles. The van der Waals surface area contributed by atoms with Gasteiger partial charge in [-0.2, -0.15) is 4.89 Å². The van der Waals surface area contributed by atoms with Crippen molar-refractivity contribution >= 4 is 29.3 Å². The van der Waals surface area contributed by atoms with E-state index in [2.05, 4.69) is 4.99 Å². The molecular weight excluding hydrogens is 499 g/mol. The van der Waals surface area contributed by atoms with Crippen LogP contribution in [-0.2, 0) is 64.4 Å². The third-order valence-electron chi connectivity index (χ3n) is 5.39. The Bertz CT molecular complexity index is 1210. The van der Waals surface area contributed by atoms with Gasteiger partial charge in [-0.15, -0.1) is 13.9 Å². The summed E-state index contributed by atoms with van der Waals surface area (Å²) in [7, 11) is -14.0. The summed E-state index contributed by atoms with van der Waals surface area (Å²) in [6.07, 6.45) is 0. The molecule has 12 heterocycles. The molecule has 0 aliphatic carbocycles. The lowest BCUT2D eigenvalue weighted by atomic mass is 9.97. The maximum atomic E-state index is 13.1. The van der Waals surface area contributed by atoms with Gasteiger partial charge in [-0.25, -0.2) is 36.8 Å². The van der Waals surface area contributed by atoms with E-state index in [1.807, 2.05) is 0 Å². The fourth-order valence-corrected chi connectivity index (χ4v) is 8.31. The van der Waals surface area contributed by atoms with E-state index in [0.29, 0.717) is 5.23 Å². The van der Waals surface area contributed by atoms with Crippen LogP contribution >= 0.6 is 23.5 Å². The summed E-state index contributed by atoms with van der Waals surface area (Å²) in [5.74, 6) is -13.2. The van der Waals surface area contributed by atoms with Crippen LogP contribution in [0.1, 0.15) is 0 Å². The first-order valence-electron chi connectivity index (χ1n) is 8.23. The predicted octanol–water partition coefficient (Wildman–Crippen LogP) is -0.797. The van der Waals surface area contributed by atoms with Gasteiger partial charge < -0.3 is 19.3 Å². The Labute approximate surface area is 168 Å². The largest absolute Gasteiger partial charge is 0.617 e. The highest BCUT2D eigenvalue weighted by molar-refractivity contribution is 7.50. The van der Waals surface area contributed by atoms with Crippen LogP contribution < -0.4 is 0 Å². The minimum absolute atomic E-state index is 0.314. The molecule has 0 saturated carbocycles. The van der Waals surface area contributed by atoms with Crippen molar-refractivity contribution < 1.29 is 74.6 Å². The number of fused-ring (bicyclic) bond motifs is 1. The molecule has 0 aromatic rings. The summed E-state index contributed by atoms with van der Waals surface area (Å²) in [4.78, 5) is 9.93. The van der Waals surface area contributed by atoms with Crippen molar-refractivity contribution in [3.05, 3.63) is 11.6 Å². The number of aliphatic hydroxyl groups is 2. The van der Waals surface area contributed by atoms with Gasteiger partial charge >= 0.3 is 41.0 Å². The maximum absolute atomic E-state index is 13.1. The van der Waals surface area contributed by atoms with Gasteiger partial charge in [-0.05, 0) is 0 Å². The normalized spacial score (nSPS) is 59.2. The maximum Gasteiger partial charge on any atom is 0.617 e. The van der Waals surface area contributed by atoms with Gasteiger partial charge in [-0.3, -0.25) is 9.64 Å². The van der Waals surface area contributed by atoms with Crippen LogP contribution in [0.25, 0.3) is 0 Å². The minimum Gasteiger partial charge on any atom is -0.391 e. The number of phosphoric ester groups is 2. The molecule has 12 rings (SSSR count). The Hall–Kier alpha value is -1.14. The van der Waals surface area contributed by atoms with E-state index in [-0.39, 0.29) is 5.84 Å². The van der Waals surface area contributed by atoms with Crippen LogP contribution in [0.2, 0.25) is 0 Å². The number of nitrogens with zero attached hydrogens (tertiary/aromatic N) is 3. The minimum atomic E-state index is -4.70. The standard InChI is InChI=1S/C9H6N3O16P3/c13-1-6-8-7(14)9(20-6,25-30(16,22-6)24-8)11-2-10-4(12-26-31(17,23-7)27-12)3-5(11)19-29(15,18-3)28-21-8/h13-14H,1-2H2/t6-,7-,8-,9?,29?,30?/m1/s1. The van der Waals surface area contributed by atoms with Gasteiger partial charge in [0.1, 0.15) is 13.3 Å². The molecule has 0 aromatic heterocycles. The fraction of sp³-hybridized carbons (Fsp3) is 0.667. The Kier molecular flexibility index (Phi) is 2.71. The number of hydroxylamine groups is 2. The number of ether oxygens (including phenoxy) is 1. The lowest BCUT2D eigenvalue weighted by molar-refractivity contribution is -0.483. The van der Waals surface area contributed by atoms with Gasteiger partial charge in [0, 0.05) is 0 Å². The van der Waals surface area contributed by atoms with E-state index in [1.54, 1.807) is 0 Å². The molecule has 6 fully saturated rings. The molecular formula is C9H6N3O16P3. The third-order valence-corrected chi connectivity index (χ3v) is 9.11. The second kappa shape index (κ2) is 4.59. The average molecular weight is 505 g/mol. The molecule has 6 saturated heterocycles.